The van der Waals surface area contributed by atoms with Crippen LogP contribution < -0.4 is 0 Å². The highest BCUT2D eigenvalue weighted by molar-refractivity contribution is 5.79. The number of carbonyl (C=O) groups is 1. The SMILES string of the molecule is C=NO[C@@H]1CC(=O)N(CC(F)(F)F)C1. The van der Waals surface area contributed by atoms with Gasteiger partial charge in [-0.3, -0.25) is 4.79 Å². The fourth-order valence-corrected chi connectivity index (χ4v) is 1.28. The molecule has 1 atom stereocenters. The molecular formula is C7H9F3N2O2. The van der Waals surface area contributed by atoms with Crippen LogP contribution in [0.5, 0.6) is 0 Å². The predicted molar refractivity (Wildman–Crippen MR) is 41.7 cm³/mol. The van der Waals surface area contributed by atoms with Crippen molar-refractivity contribution in [1.29, 1.82) is 0 Å². The number of oxime groups is 1. The van der Waals surface area contributed by atoms with Crippen molar-refractivity contribution >= 4 is 12.6 Å². The Morgan fingerprint density at radius 2 is 2.29 bits per heavy atom. The summed E-state index contributed by atoms with van der Waals surface area (Å²) in [5, 5.41) is 3.07. The number of hydrogen-bond acceptors (Lipinski definition) is 3. The molecular weight excluding hydrogens is 201 g/mol. The van der Waals surface area contributed by atoms with E-state index in [0.717, 1.165) is 0 Å². The Bertz CT molecular complexity index is 242. The Hall–Kier alpha value is -1.27. The van der Waals surface area contributed by atoms with Crippen molar-refractivity contribution in [2.24, 2.45) is 5.16 Å². The summed E-state index contributed by atoms with van der Waals surface area (Å²) >= 11 is 0. The van der Waals surface area contributed by atoms with Crippen molar-refractivity contribution in [3.05, 3.63) is 0 Å². The quantitative estimate of drug-likeness (QED) is 0.510. The lowest BCUT2D eigenvalue weighted by molar-refractivity contribution is -0.157. The molecule has 1 fully saturated rings. The highest BCUT2D eigenvalue weighted by atomic mass is 19.4. The van der Waals surface area contributed by atoms with E-state index < -0.39 is 24.7 Å². The van der Waals surface area contributed by atoms with Gasteiger partial charge in [-0.2, -0.15) is 13.2 Å². The summed E-state index contributed by atoms with van der Waals surface area (Å²) in [6.45, 7) is 1.71. The zero-order valence-electron chi connectivity index (χ0n) is 7.25. The molecule has 0 unspecified atom stereocenters. The molecule has 0 N–H and O–H groups in total. The molecule has 1 amide bonds. The summed E-state index contributed by atoms with van der Waals surface area (Å²) in [7, 11) is 0. The van der Waals surface area contributed by atoms with E-state index in [-0.39, 0.29) is 13.0 Å². The second kappa shape index (κ2) is 3.85. The third kappa shape index (κ3) is 2.90. The van der Waals surface area contributed by atoms with E-state index in [1.54, 1.807) is 0 Å². The summed E-state index contributed by atoms with van der Waals surface area (Å²) in [6.07, 6.45) is -5.05. The highest BCUT2D eigenvalue weighted by Crippen LogP contribution is 2.21. The van der Waals surface area contributed by atoms with Crippen molar-refractivity contribution in [1.82, 2.24) is 4.90 Å². The van der Waals surface area contributed by atoms with Crippen LogP contribution in [0.4, 0.5) is 13.2 Å². The number of carbonyl (C=O) groups excluding carboxylic acids is 1. The largest absolute Gasteiger partial charge is 0.406 e. The Labute approximate surface area is 78.3 Å². The smallest absolute Gasteiger partial charge is 0.391 e. The number of rotatable bonds is 3. The Kier molecular flexibility index (Phi) is 2.97. The standard InChI is InChI=1S/C7H9F3N2O2/c1-11-14-5-2-6(13)12(3-5)4-7(8,9)10/h5H,1-4H2/t5-/m1/s1. The number of likely N-dealkylation sites (tertiary alicyclic amines) is 1. The first-order chi connectivity index (χ1) is 6.42. The van der Waals surface area contributed by atoms with Crippen LogP contribution >= 0.6 is 0 Å². The van der Waals surface area contributed by atoms with Crippen molar-refractivity contribution < 1.29 is 22.8 Å². The van der Waals surface area contributed by atoms with Crippen molar-refractivity contribution in [3.8, 4) is 0 Å². The van der Waals surface area contributed by atoms with Crippen molar-refractivity contribution in [2.45, 2.75) is 18.7 Å². The Balaban J connectivity index is 2.48. The maximum atomic E-state index is 11.9. The fraction of sp³-hybridized carbons (Fsp3) is 0.714. The number of hydrogen-bond donors (Lipinski definition) is 0. The molecule has 1 aliphatic heterocycles. The molecule has 0 aromatic heterocycles. The lowest BCUT2D eigenvalue weighted by Gasteiger charge is -2.17. The van der Waals surface area contributed by atoms with Crippen LogP contribution in [0.1, 0.15) is 6.42 Å². The zero-order chi connectivity index (χ0) is 10.8. The zero-order valence-corrected chi connectivity index (χ0v) is 7.25. The summed E-state index contributed by atoms with van der Waals surface area (Å²) in [5.74, 6) is -0.573. The minimum absolute atomic E-state index is 0.0743. The molecule has 0 aromatic rings. The molecule has 0 spiro atoms. The van der Waals surface area contributed by atoms with E-state index in [2.05, 4.69) is 16.7 Å². The van der Waals surface area contributed by atoms with Gasteiger partial charge in [0.05, 0.1) is 13.0 Å². The second-order valence-electron chi connectivity index (χ2n) is 2.95. The van der Waals surface area contributed by atoms with Gasteiger partial charge in [0, 0.05) is 6.72 Å². The van der Waals surface area contributed by atoms with Gasteiger partial charge in [0.2, 0.25) is 5.91 Å². The molecule has 0 aromatic carbocycles. The third-order valence-corrected chi connectivity index (χ3v) is 1.77. The van der Waals surface area contributed by atoms with Crippen LogP contribution in [0.2, 0.25) is 0 Å². The highest BCUT2D eigenvalue weighted by Gasteiger charge is 2.39. The predicted octanol–water partition coefficient (Wildman–Crippen LogP) is 0.782. The molecule has 1 saturated heterocycles. The van der Waals surface area contributed by atoms with Gasteiger partial charge in [0.1, 0.15) is 6.54 Å². The van der Waals surface area contributed by atoms with Crippen LogP contribution in [-0.2, 0) is 9.63 Å². The summed E-state index contributed by atoms with van der Waals surface area (Å²) < 4.78 is 35.8. The van der Waals surface area contributed by atoms with Crippen LogP contribution in [0, 0.1) is 0 Å². The van der Waals surface area contributed by atoms with E-state index in [1.807, 2.05) is 0 Å². The van der Waals surface area contributed by atoms with Crippen LogP contribution in [-0.4, -0.2) is 42.9 Å². The second-order valence-corrected chi connectivity index (χ2v) is 2.95. The van der Waals surface area contributed by atoms with Crippen molar-refractivity contribution in [3.63, 3.8) is 0 Å². The van der Waals surface area contributed by atoms with E-state index in [0.29, 0.717) is 4.90 Å². The molecule has 1 aliphatic rings. The summed E-state index contributed by atoms with van der Waals surface area (Å²) in [5.41, 5.74) is 0. The molecule has 0 bridgehead atoms. The van der Waals surface area contributed by atoms with Gasteiger partial charge in [-0.05, 0) is 0 Å². The maximum absolute atomic E-state index is 11.9. The van der Waals surface area contributed by atoms with E-state index >= 15 is 0 Å². The third-order valence-electron chi connectivity index (χ3n) is 1.77. The minimum atomic E-state index is -4.37. The fourth-order valence-electron chi connectivity index (χ4n) is 1.28. The molecule has 14 heavy (non-hydrogen) atoms. The molecule has 80 valence electrons. The van der Waals surface area contributed by atoms with Gasteiger partial charge in [0.15, 0.2) is 6.10 Å². The van der Waals surface area contributed by atoms with Crippen LogP contribution in [0.25, 0.3) is 0 Å². The number of nitrogens with zero attached hydrogens (tertiary/aromatic N) is 2. The van der Waals surface area contributed by atoms with Crippen LogP contribution in [0.3, 0.4) is 0 Å². The Morgan fingerprint density at radius 1 is 1.64 bits per heavy atom. The minimum Gasteiger partial charge on any atom is -0.391 e. The van der Waals surface area contributed by atoms with Crippen LogP contribution in [0.15, 0.2) is 5.16 Å². The molecule has 0 radical (unpaired) electrons. The first-order valence-corrected chi connectivity index (χ1v) is 3.89. The van der Waals surface area contributed by atoms with E-state index in [1.165, 1.54) is 0 Å². The monoisotopic (exact) mass is 210 g/mol. The molecule has 7 heteroatoms. The first-order valence-electron chi connectivity index (χ1n) is 3.89. The topological polar surface area (TPSA) is 41.9 Å². The average molecular weight is 210 g/mol. The first kappa shape index (κ1) is 10.8. The van der Waals surface area contributed by atoms with Gasteiger partial charge < -0.3 is 9.74 Å². The molecule has 0 aliphatic carbocycles. The number of alkyl halides is 3. The van der Waals surface area contributed by atoms with Gasteiger partial charge >= 0.3 is 6.18 Å². The molecule has 1 rings (SSSR count). The maximum Gasteiger partial charge on any atom is 0.406 e. The summed E-state index contributed by atoms with van der Waals surface area (Å²) in [4.78, 5) is 16.3. The Morgan fingerprint density at radius 3 is 2.79 bits per heavy atom. The van der Waals surface area contributed by atoms with Gasteiger partial charge in [0.25, 0.3) is 0 Å². The summed E-state index contributed by atoms with van der Waals surface area (Å²) in [6, 6.07) is 0. The lowest BCUT2D eigenvalue weighted by atomic mass is 10.3. The van der Waals surface area contributed by atoms with Gasteiger partial charge in [-0.15, -0.1) is 5.16 Å². The van der Waals surface area contributed by atoms with E-state index in [9.17, 15) is 18.0 Å². The average Bonchev–Trinajstić information content (AvgIpc) is 2.29. The van der Waals surface area contributed by atoms with Gasteiger partial charge in [-0.25, -0.2) is 0 Å². The molecule has 0 saturated carbocycles. The van der Waals surface area contributed by atoms with Crippen molar-refractivity contribution in [2.75, 3.05) is 13.1 Å². The lowest BCUT2D eigenvalue weighted by Crippen LogP contribution is -2.35. The molecule has 1 heterocycles. The number of amides is 1. The van der Waals surface area contributed by atoms with Gasteiger partial charge in [-0.1, -0.05) is 0 Å². The normalized spacial score (nSPS) is 22.6. The van der Waals surface area contributed by atoms with E-state index in [4.69, 9.17) is 0 Å². The molecule has 4 nitrogen and oxygen atoms in total. The number of halogens is 3.